The van der Waals surface area contributed by atoms with Crippen LogP contribution in [-0.4, -0.2) is 23.3 Å². The third-order valence-electron chi connectivity index (χ3n) is 4.73. The fourth-order valence-corrected chi connectivity index (χ4v) is 3.55. The van der Waals surface area contributed by atoms with Crippen LogP contribution in [0.5, 0.6) is 5.75 Å². The Bertz CT molecular complexity index is 978. The number of hydrogen-bond acceptors (Lipinski definition) is 3. The van der Waals surface area contributed by atoms with Crippen molar-refractivity contribution in [1.82, 2.24) is 0 Å². The fraction of sp³-hybridized carbons (Fsp3) is 0.0952. The quantitative estimate of drug-likeness (QED) is 0.765. The minimum Gasteiger partial charge on any atom is -0.496 e. The molecule has 0 spiro atoms. The highest BCUT2D eigenvalue weighted by atomic mass is 16.5. The summed E-state index contributed by atoms with van der Waals surface area (Å²) in [5.74, 6) is -0.381. The summed E-state index contributed by atoms with van der Waals surface area (Å²) in [6.45, 7) is 0. The normalized spacial score (nSPS) is 17.7. The maximum atomic E-state index is 11.5. The Morgan fingerprint density at radius 2 is 1.76 bits per heavy atom. The van der Waals surface area contributed by atoms with E-state index in [0.29, 0.717) is 22.4 Å². The Morgan fingerprint density at radius 3 is 2.44 bits per heavy atom. The Labute approximate surface area is 144 Å². The molecule has 3 aromatic carbocycles. The van der Waals surface area contributed by atoms with Crippen LogP contribution < -0.4 is 4.74 Å². The number of aliphatic hydroxyl groups is 1. The molecule has 0 saturated heterocycles. The molecule has 1 aliphatic carbocycles. The van der Waals surface area contributed by atoms with Gasteiger partial charge in [-0.3, -0.25) is 0 Å². The van der Waals surface area contributed by atoms with Gasteiger partial charge in [-0.05, 0) is 28.8 Å². The van der Waals surface area contributed by atoms with Gasteiger partial charge in [0.2, 0.25) is 0 Å². The number of hydrogen-bond donors (Lipinski definition) is 2. The van der Waals surface area contributed by atoms with Crippen molar-refractivity contribution in [3.05, 3.63) is 89.0 Å². The number of fused-ring (bicyclic) bond motifs is 2. The molecule has 4 nitrogen and oxygen atoms in total. The van der Waals surface area contributed by atoms with Gasteiger partial charge in [0.1, 0.15) is 11.4 Å². The van der Waals surface area contributed by atoms with Gasteiger partial charge in [0.25, 0.3) is 0 Å². The van der Waals surface area contributed by atoms with Crippen molar-refractivity contribution in [3.8, 4) is 16.9 Å². The first-order valence-electron chi connectivity index (χ1n) is 7.91. The Hall–Kier alpha value is -3.11. The second kappa shape index (κ2) is 5.46. The van der Waals surface area contributed by atoms with Crippen LogP contribution in [0.1, 0.15) is 27.0 Å². The Kier molecular flexibility index (Phi) is 3.37. The van der Waals surface area contributed by atoms with Crippen LogP contribution in [0.25, 0.3) is 11.1 Å². The van der Waals surface area contributed by atoms with E-state index in [1.807, 2.05) is 42.5 Å². The molecule has 0 amide bonds. The van der Waals surface area contributed by atoms with E-state index in [0.717, 1.165) is 11.1 Å². The summed E-state index contributed by atoms with van der Waals surface area (Å²) >= 11 is 0. The minimum atomic E-state index is -1.36. The van der Waals surface area contributed by atoms with Crippen LogP contribution in [0.3, 0.4) is 0 Å². The van der Waals surface area contributed by atoms with Crippen LogP contribution in [-0.2, 0) is 5.60 Å². The first-order valence-corrected chi connectivity index (χ1v) is 7.91. The standard InChI is InChI=1S/C21H16O4/c1-25-19-17-11-10-16(13-6-3-2-4-7-13)18(19)21(17,24)15-9-5-8-14(12-15)20(22)23/h2-12,24H,1H3,(H,22,23). The van der Waals surface area contributed by atoms with Gasteiger partial charge in [0, 0.05) is 11.1 Å². The lowest BCUT2D eigenvalue weighted by atomic mass is 9.67. The van der Waals surface area contributed by atoms with Gasteiger partial charge in [0.05, 0.1) is 12.7 Å². The molecule has 4 rings (SSSR count). The first kappa shape index (κ1) is 15.4. The average Bonchev–Trinajstić information content (AvgIpc) is 2.67. The number of aromatic carboxylic acids is 1. The van der Waals surface area contributed by atoms with E-state index < -0.39 is 11.6 Å². The van der Waals surface area contributed by atoms with Crippen molar-refractivity contribution in [2.75, 3.05) is 7.11 Å². The number of ether oxygens (including phenoxy) is 1. The SMILES string of the molecule is COc1c2ccc(-c3ccccc3)c1C2(O)c1cccc(C(=O)O)c1. The van der Waals surface area contributed by atoms with Gasteiger partial charge in [-0.2, -0.15) is 0 Å². The van der Waals surface area contributed by atoms with Crippen LogP contribution in [0.15, 0.2) is 66.7 Å². The van der Waals surface area contributed by atoms with E-state index in [2.05, 4.69) is 0 Å². The maximum Gasteiger partial charge on any atom is 0.335 e. The molecule has 0 heterocycles. The van der Waals surface area contributed by atoms with Crippen molar-refractivity contribution in [2.45, 2.75) is 5.60 Å². The summed E-state index contributed by atoms with van der Waals surface area (Å²) in [5.41, 5.74) is 2.45. The number of rotatable bonds is 4. The second-order valence-electron chi connectivity index (χ2n) is 6.03. The predicted molar refractivity (Wildman–Crippen MR) is 93.9 cm³/mol. The molecule has 3 aromatic rings. The van der Waals surface area contributed by atoms with Crippen LogP contribution in [0, 0.1) is 0 Å². The van der Waals surface area contributed by atoms with Gasteiger partial charge >= 0.3 is 5.97 Å². The van der Waals surface area contributed by atoms with E-state index in [-0.39, 0.29) is 5.56 Å². The van der Waals surface area contributed by atoms with E-state index in [4.69, 9.17) is 4.74 Å². The lowest BCUT2D eigenvalue weighted by molar-refractivity contribution is 0.0695. The van der Waals surface area contributed by atoms with Gasteiger partial charge in [-0.25, -0.2) is 4.79 Å². The lowest BCUT2D eigenvalue weighted by Crippen LogP contribution is -2.38. The summed E-state index contributed by atoms with van der Waals surface area (Å²) in [4.78, 5) is 11.3. The summed E-state index contributed by atoms with van der Waals surface area (Å²) in [5, 5.41) is 20.7. The number of benzene rings is 3. The number of carboxylic acids is 1. The van der Waals surface area contributed by atoms with Crippen LogP contribution in [0.4, 0.5) is 0 Å². The number of carboxylic acid groups (broad SMARTS) is 1. The van der Waals surface area contributed by atoms with Crippen molar-refractivity contribution >= 4 is 5.97 Å². The highest BCUT2D eigenvalue weighted by Gasteiger charge is 2.50. The average molecular weight is 332 g/mol. The molecule has 4 heteroatoms. The predicted octanol–water partition coefficient (Wildman–Crippen LogP) is 3.66. The highest BCUT2D eigenvalue weighted by molar-refractivity contribution is 5.89. The second-order valence-corrected chi connectivity index (χ2v) is 6.03. The summed E-state index contributed by atoms with van der Waals surface area (Å²) < 4.78 is 5.49. The molecule has 1 unspecified atom stereocenters. The molecule has 0 aliphatic heterocycles. The molecule has 2 N–H and O–H groups in total. The molecular formula is C21H16O4. The van der Waals surface area contributed by atoms with Crippen LogP contribution >= 0.6 is 0 Å². The zero-order chi connectivity index (χ0) is 17.6. The van der Waals surface area contributed by atoms with E-state index in [9.17, 15) is 15.0 Å². The first-order chi connectivity index (χ1) is 12.1. The van der Waals surface area contributed by atoms with E-state index in [1.54, 1.807) is 19.2 Å². The zero-order valence-electron chi connectivity index (χ0n) is 13.6. The van der Waals surface area contributed by atoms with Gasteiger partial charge in [-0.15, -0.1) is 0 Å². The third kappa shape index (κ3) is 2.08. The molecule has 0 aromatic heterocycles. The minimum absolute atomic E-state index is 0.140. The van der Waals surface area contributed by atoms with Crippen molar-refractivity contribution < 1.29 is 19.7 Å². The zero-order valence-corrected chi connectivity index (χ0v) is 13.6. The Morgan fingerprint density at radius 1 is 1.00 bits per heavy atom. The topological polar surface area (TPSA) is 66.8 Å². The van der Waals surface area contributed by atoms with Gasteiger partial charge in [0.15, 0.2) is 0 Å². The van der Waals surface area contributed by atoms with E-state index >= 15 is 0 Å². The lowest BCUT2D eigenvalue weighted by Gasteiger charge is -2.42. The van der Waals surface area contributed by atoms with Crippen molar-refractivity contribution in [3.63, 3.8) is 0 Å². The fourth-order valence-electron chi connectivity index (χ4n) is 3.55. The summed E-state index contributed by atoms with van der Waals surface area (Å²) in [6.07, 6.45) is 0. The summed E-state index contributed by atoms with van der Waals surface area (Å²) in [7, 11) is 1.57. The molecule has 0 radical (unpaired) electrons. The van der Waals surface area contributed by atoms with Gasteiger partial charge in [-0.1, -0.05) is 54.6 Å². The molecule has 1 aliphatic rings. The molecule has 1 atom stereocenters. The molecule has 2 bridgehead atoms. The van der Waals surface area contributed by atoms with Crippen molar-refractivity contribution in [1.29, 1.82) is 0 Å². The largest absolute Gasteiger partial charge is 0.496 e. The molecular weight excluding hydrogens is 316 g/mol. The molecule has 25 heavy (non-hydrogen) atoms. The molecule has 0 fully saturated rings. The van der Waals surface area contributed by atoms with Gasteiger partial charge < -0.3 is 14.9 Å². The Balaban J connectivity index is 1.92. The number of carbonyl (C=O) groups is 1. The number of methoxy groups -OCH3 is 1. The third-order valence-corrected chi connectivity index (χ3v) is 4.73. The molecule has 0 saturated carbocycles. The molecule has 124 valence electrons. The summed E-state index contributed by atoms with van der Waals surface area (Å²) in [6, 6.07) is 19.9. The van der Waals surface area contributed by atoms with E-state index in [1.165, 1.54) is 12.1 Å². The monoisotopic (exact) mass is 332 g/mol. The smallest absolute Gasteiger partial charge is 0.335 e. The van der Waals surface area contributed by atoms with Crippen molar-refractivity contribution in [2.24, 2.45) is 0 Å². The maximum absolute atomic E-state index is 11.5. The highest BCUT2D eigenvalue weighted by Crippen LogP contribution is 2.58. The van der Waals surface area contributed by atoms with Crippen LogP contribution in [0.2, 0.25) is 0 Å².